The lowest BCUT2D eigenvalue weighted by Gasteiger charge is -2.12. The molecule has 0 bridgehead atoms. The molecule has 11 heteroatoms. The van der Waals surface area contributed by atoms with Gasteiger partial charge < -0.3 is 14.6 Å². The number of hydrogen-bond acceptors (Lipinski definition) is 6. The van der Waals surface area contributed by atoms with Crippen LogP contribution >= 0.6 is 11.6 Å². The van der Waals surface area contributed by atoms with Crippen LogP contribution in [0.4, 0.5) is 10.5 Å². The zero-order valence-electron chi connectivity index (χ0n) is 10.8. The number of methoxy groups -OCH3 is 2. The highest BCUT2D eigenvalue weighted by Crippen LogP contribution is 2.31. The Morgan fingerprint density at radius 1 is 1.29 bits per heavy atom. The fraction of sp³-hybridized carbons (Fsp3) is 0.200. The van der Waals surface area contributed by atoms with E-state index in [0.717, 1.165) is 19.2 Å². The average molecular weight is 339 g/mol. The standard InChI is InChI=1S/C10H11ClN2O7S/c1-19-8-4-7(6(11)3-5(8)9(14)15)12-21(17,18)13-10(16)20-2/h3-4,12H,1-2H3,(H,13,16)(H,14,15). The molecule has 0 aromatic heterocycles. The number of nitrogens with one attached hydrogen (secondary N) is 2. The Balaban J connectivity index is 3.15. The van der Waals surface area contributed by atoms with E-state index < -0.39 is 22.3 Å². The van der Waals surface area contributed by atoms with Gasteiger partial charge in [0.1, 0.15) is 11.3 Å². The highest BCUT2D eigenvalue weighted by atomic mass is 35.5. The largest absolute Gasteiger partial charge is 0.496 e. The van der Waals surface area contributed by atoms with Crippen LogP contribution in [0.1, 0.15) is 10.4 Å². The van der Waals surface area contributed by atoms with Gasteiger partial charge in [0.25, 0.3) is 0 Å². The number of carbonyl (C=O) groups excluding carboxylic acids is 1. The zero-order valence-corrected chi connectivity index (χ0v) is 12.4. The van der Waals surface area contributed by atoms with Crippen molar-refractivity contribution in [1.82, 2.24) is 4.72 Å². The van der Waals surface area contributed by atoms with E-state index in [1.54, 1.807) is 4.72 Å². The monoisotopic (exact) mass is 338 g/mol. The fourth-order valence-electron chi connectivity index (χ4n) is 1.29. The second-order valence-electron chi connectivity index (χ2n) is 3.54. The Morgan fingerprint density at radius 2 is 1.90 bits per heavy atom. The smallest absolute Gasteiger partial charge is 0.422 e. The summed E-state index contributed by atoms with van der Waals surface area (Å²) in [5.74, 6) is -1.40. The number of rotatable bonds is 5. The van der Waals surface area contributed by atoms with E-state index in [0.29, 0.717) is 0 Å². The molecule has 0 spiro atoms. The van der Waals surface area contributed by atoms with Gasteiger partial charge in [-0.15, -0.1) is 0 Å². The highest BCUT2D eigenvalue weighted by Gasteiger charge is 2.20. The van der Waals surface area contributed by atoms with Crippen LogP contribution in [0.5, 0.6) is 5.75 Å². The average Bonchev–Trinajstić information content (AvgIpc) is 2.39. The van der Waals surface area contributed by atoms with Crippen molar-refractivity contribution in [2.24, 2.45) is 0 Å². The Morgan fingerprint density at radius 3 is 2.38 bits per heavy atom. The second kappa shape index (κ2) is 6.50. The van der Waals surface area contributed by atoms with Crippen molar-refractivity contribution in [2.75, 3.05) is 18.9 Å². The first-order valence-electron chi connectivity index (χ1n) is 5.19. The van der Waals surface area contributed by atoms with Gasteiger partial charge in [0.05, 0.1) is 24.9 Å². The molecule has 0 radical (unpaired) electrons. The molecular formula is C10H11ClN2O7S. The first-order chi connectivity index (χ1) is 9.70. The van der Waals surface area contributed by atoms with E-state index in [4.69, 9.17) is 21.4 Å². The number of ether oxygens (including phenoxy) is 2. The minimum absolute atomic E-state index is 0.109. The Hall–Kier alpha value is -2.20. The van der Waals surface area contributed by atoms with Gasteiger partial charge in [-0.25, -0.2) is 14.3 Å². The van der Waals surface area contributed by atoms with Gasteiger partial charge in [-0.2, -0.15) is 8.42 Å². The molecule has 1 aromatic carbocycles. The van der Waals surface area contributed by atoms with Crippen LogP contribution in [-0.4, -0.2) is 39.8 Å². The lowest BCUT2D eigenvalue weighted by Crippen LogP contribution is -2.35. The van der Waals surface area contributed by atoms with Crippen LogP contribution in [0.2, 0.25) is 5.02 Å². The number of anilines is 1. The van der Waals surface area contributed by atoms with Crippen molar-refractivity contribution in [3.63, 3.8) is 0 Å². The summed E-state index contributed by atoms with van der Waals surface area (Å²) in [6.45, 7) is 0. The van der Waals surface area contributed by atoms with Crippen LogP contribution in [0.3, 0.4) is 0 Å². The van der Waals surface area contributed by atoms with Gasteiger partial charge in [-0.1, -0.05) is 11.6 Å². The van der Waals surface area contributed by atoms with Crippen LogP contribution in [0.25, 0.3) is 0 Å². The summed E-state index contributed by atoms with van der Waals surface area (Å²) in [5.41, 5.74) is -0.415. The fourth-order valence-corrected chi connectivity index (χ4v) is 2.37. The summed E-state index contributed by atoms with van der Waals surface area (Å²) < 4.78 is 35.7. The number of hydrogen-bond donors (Lipinski definition) is 3. The molecule has 1 rings (SSSR count). The maximum Gasteiger partial charge on any atom is 0.422 e. The molecule has 0 saturated heterocycles. The first-order valence-corrected chi connectivity index (χ1v) is 7.05. The van der Waals surface area contributed by atoms with Crippen molar-refractivity contribution < 1.29 is 32.6 Å². The molecule has 3 N–H and O–H groups in total. The molecule has 21 heavy (non-hydrogen) atoms. The van der Waals surface area contributed by atoms with Crippen molar-refractivity contribution in [2.45, 2.75) is 0 Å². The number of halogens is 1. The van der Waals surface area contributed by atoms with Crippen LogP contribution in [0.15, 0.2) is 12.1 Å². The summed E-state index contributed by atoms with van der Waals surface area (Å²) in [5, 5.41) is 8.75. The minimum Gasteiger partial charge on any atom is -0.496 e. The van der Waals surface area contributed by atoms with E-state index in [1.165, 1.54) is 7.11 Å². The van der Waals surface area contributed by atoms with Crippen LogP contribution in [0, 0.1) is 0 Å². The Bertz CT molecular complexity index is 674. The Labute approximate surface area is 125 Å². The van der Waals surface area contributed by atoms with Crippen molar-refractivity contribution >= 4 is 39.6 Å². The van der Waals surface area contributed by atoms with E-state index in [2.05, 4.69) is 4.74 Å². The molecule has 1 amide bonds. The number of benzene rings is 1. The summed E-state index contributed by atoms with van der Waals surface area (Å²) in [6.07, 6.45) is -1.20. The van der Waals surface area contributed by atoms with E-state index >= 15 is 0 Å². The third-order valence-electron chi connectivity index (χ3n) is 2.17. The van der Waals surface area contributed by atoms with Crippen LogP contribution in [-0.2, 0) is 14.9 Å². The third kappa shape index (κ3) is 4.39. The molecule has 0 aliphatic rings. The van der Waals surface area contributed by atoms with Crippen molar-refractivity contribution in [3.05, 3.63) is 22.7 Å². The lowest BCUT2D eigenvalue weighted by molar-refractivity contribution is 0.0693. The maximum absolute atomic E-state index is 11.6. The van der Waals surface area contributed by atoms with Crippen molar-refractivity contribution in [1.29, 1.82) is 0 Å². The van der Waals surface area contributed by atoms with E-state index in [-0.39, 0.29) is 22.0 Å². The normalized spacial score (nSPS) is 10.6. The molecule has 0 unspecified atom stereocenters. The molecule has 9 nitrogen and oxygen atoms in total. The summed E-state index contributed by atoms with van der Waals surface area (Å²) in [6, 6.07) is 2.08. The molecule has 1 aromatic rings. The highest BCUT2D eigenvalue weighted by molar-refractivity contribution is 7.91. The molecule has 116 valence electrons. The molecule has 0 heterocycles. The Kier molecular flexibility index (Phi) is 5.22. The van der Waals surface area contributed by atoms with Gasteiger partial charge in [-0.05, 0) is 6.07 Å². The summed E-state index contributed by atoms with van der Waals surface area (Å²) >= 11 is 5.79. The molecule has 0 aliphatic heterocycles. The lowest BCUT2D eigenvalue weighted by atomic mass is 10.2. The van der Waals surface area contributed by atoms with E-state index in [9.17, 15) is 18.0 Å². The molecule has 0 saturated carbocycles. The van der Waals surface area contributed by atoms with Gasteiger partial charge >= 0.3 is 22.3 Å². The first kappa shape index (κ1) is 16.9. The number of carbonyl (C=O) groups is 2. The number of amides is 1. The van der Waals surface area contributed by atoms with Gasteiger partial charge in [-0.3, -0.25) is 4.72 Å². The zero-order chi connectivity index (χ0) is 16.2. The van der Waals surface area contributed by atoms with E-state index in [1.807, 2.05) is 4.72 Å². The topological polar surface area (TPSA) is 131 Å². The quantitative estimate of drug-likeness (QED) is 0.731. The molecule has 0 atom stereocenters. The molecule has 0 aliphatic carbocycles. The SMILES string of the molecule is COC(=O)NS(=O)(=O)Nc1cc(OC)c(C(=O)O)cc1Cl. The number of aromatic carboxylic acids is 1. The number of carboxylic acid groups (broad SMARTS) is 1. The summed E-state index contributed by atoms with van der Waals surface area (Å²) in [4.78, 5) is 21.8. The second-order valence-corrected chi connectivity index (χ2v) is 5.36. The third-order valence-corrected chi connectivity index (χ3v) is 3.40. The minimum atomic E-state index is -4.29. The van der Waals surface area contributed by atoms with Gasteiger partial charge in [0, 0.05) is 6.07 Å². The van der Waals surface area contributed by atoms with Crippen LogP contribution < -0.4 is 14.2 Å². The predicted octanol–water partition coefficient (Wildman–Crippen LogP) is 1.06. The summed E-state index contributed by atoms with van der Waals surface area (Å²) in [7, 11) is -2.09. The van der Waals surface area contributed by atoms with Crippen molar-refractivity contribution in [3.8, 4) is 5.75 Å². The molecule has 0 fully saturated rings. The predicted molar refractivity (Wildman–Crippen MR) is 73.0 cm³/mol. The molecular weight excluding hydrogens is 328 g/mol. The van der Waals surface area contributed by atoms with Gasteiger partial charge in [0.2, 0.25) is 0 Å². The maximum atomic E-state index is 11.6. The number of carboxylic acids is 1. The van der Waals surface area contributed by atoms with Gasteiger partial charge in [0.15, 0.2) is 0 Å².